The molecule has 8 heteroatoms. The highest BCUT2D eigenvalue weighted by molar-refractivity contribution is 7.99. The van der Waals surface area contributed by atoms with E-state index in [1.807, 2.05) is 32.0 Å². The summed E-state index contributed by atoms with van der Waals surface area (Å²) in [5.41, 5.74) is 2.88. The van der Waals surface area contributed by atoms with E-state index in [4.69, 9.17) is 0 Å². The molecule has 1 amide bonds. The quantitative estimate of drug-likeness (QED) is 0.861. The summed E-state index contributed by atoms with van der Waals surface area (Å²) in [6, 6.07) is 7.17. The molecule has 1 fully saturated rings. The number of rotatable bonds is 4. The third kappa shape index (κ3) is 3.92. The second-order valence-corrected chi connectivity index (χ2v) is 9.93. The molecule has 2 heterocycles. The number of hydrogen-bond donors (Lipinski definition) is 1. The molecule has 3 rings (SSSR count). The fraction of sp³-hybridized carbons (Fsp3) is 0.353. The molecule has 0 radical (unpaired) electrons. The molecule has 1 N–H and O–H groups in total. The fourth-order valence-electron chi connectivity index (χ4n) is 2.60. The molecule has 5 nitrogen and oxygen atoms in total. The number of hydrogen-bond acceptors (Lipinski definition) is 5. The Labute approximate surface area is 156 Å². The van der Waals surface area contributed by atoms with Crippen molar-refractivity contribution in [3.05, 3.63) is 45.6 Å². The maximum Gasteiger partial charge on any atom is 0.267 e. The number of benzene rings is 1. The van der Waals surface area contributed by atoms with Crippen LogP contribution in [0.15, 0.2) is 34.5 Å². The highest BCUT2D eigenvalue weighted by Crippen LogP contribution is 2.28. The van der Waals surface area contributed by atoms with E-state index in [1.54, 1.807) is 17.1 Å². The first-order valence-corrected chi connectivity index (χ1v) is 11.4. The molecule has 25 heavy (non-hydrogen) atoms. The van der Waals surface area contributed by atoms with E-state index >= 15 is 0 Å². The van der Waals surface area contributed by atoms with Crippen molar-refractivity contribution >= 4 is 44.7 Å². The number of thiophene rings is 1. The molecule has 0 saturated carbocycles. The van der Waals surface area contributed by atoms with E-state index in [1.165, 1.54) is 10.4 Å². The average Bonchev–Trinajstić information content (AvgIpc) is 3.10. The third-order valence-electron chi connectivity index (χ3n) is 4.19. The Morgan fingerprint density at radius 1 is 1.12 bits per heavy atom. The minimum atomic E-state index is -3.63. The van der Waals surface area contributed by atoms with Crippen LogP contribution in [0.5, 0.6) is 0 Å². The molecule has 0 atom stereocenters. The molecule has 1 aliphatic heterocycles. The van der Waals surface area contributed by atoms with Gasteiger partial charge in [-0.3, -0.25) is 4.79 Å². The smallest absolute Gasteiger partial charge is 0.267 e. The van der Waals surface area contributed by atoms with Crippen molar-refractivity contribution in [3.8, 4) is 0 Å². The molecular weight excluding hydrogens is 376 g/mol. The number of nitrogens with zero attached hydrogens (tertiary/aromatic N) is 1. The molecule has 0 unspecified atom stereocenters. The van der Waals surface area contributed by atoms with Crippen LogP contribution in [0.2, 0.25) is 0 Å². The van der Waals surface area contributed by atoms with Gasteiger partial charge in [0.05, 0.1) is 0 Å². The number of carbonyl (C=O) groups is 1. The number of nitrogens with one attached hydrogen (secondary N) is 1. The zero-order valence-electron chi connectivity index (χ0n) is 14.1. The molecule has 1 aromatic carbocycles. The predicted octanol–water partition coefficient (Wildman–Crippen LogP) is 3.35. The topological polar surface area (TPSA) is 66.5 Å². The van der Waals surface area contributed by atoms with Gasteiger partial charge < -0.3 is 5.32 Å². The van der Waals surface area contributed by atoms with Gasteiger partial charge in [0.25, 0.3) is 5.91 Å². The van der Waals surface area contributed by atoms with Gasteiger partial charge in [-0.15, -0.1) is 11.3 Å². The van der Waals surface area contributed by atoms with Crippen LogP contribution in [0.25, 0.3) is 0 Å². The summed E-state index contributed by atoms with van der Waals surface area (Å²) in [4.78, 5) is 13.0. The van der Waals surface area contributed by atoms with Crippen LogP contribution in [0, 0.1) is 13.8 Å². The standard InChI is InChI=1S/C17H20N2O3S3/c1-12-3-4-14(11-13(12)2)18-17(20)16-15(5-8-24-16)25(21,22)19-6-9-23-10-7-19/h3-5,8,11H,6-7,9-10H2,1-2H3,(H,18,20). The summed E-state index contributed by atoms with van der Waals surface area (Å²) in [7, 11) is -3.63. The van der Waals surface area contributed by atoms with Gasteiger partial charge in [0.1, 0.15) is 9.77 Å². The molecule has 0 aliphatic carbocycles. The van der Waals surface area contributed by atoms with E-state index in [9.17, 15) is 13.2 Å². The average molecular weight is 397 g/mol. The Bertz CT molecular complexity index is 884. The number of aryl methyl sites for hydroxylation is 2. The normalized spacial score (nSPS) is 15.9. The van der Waals surface area contributed by atoms with Gasteiger partial charge in [-0.2, -0.15) is 16.1 Å². The van der Waals surface area contributed by atoms with Crippen molar-refractivity contribution in [1.29, 1.82) is 0 Å². The van der Waals surface area contributed by atoms with Crippen LogP contribution in [0.1, 0.15) is 20.8 Å². The first-order valence-electron chi connectivity index (χ1n) is 7.93. The third-order valence-corrected chi connectivity index (χ3v) is 8.11. The van der Waals surface area contributed by atoms with E-state index in [0.717, 1.165) is 34.0 Å². The summed E-state index contributed by atoms with van der Waals surface area (Å²) >= 11 is 2.90. The Kier molecular flexibility index (Phi) is 5.52. The van der Waals surface area contributed by atoms with E-state index in [2.05, 4.69) is 5.32 Å². The van der Waals surface area contributed by atoms with Crippen LogP contribution in [-0.2, 0) is 10.0 Å². The van der Waals surface area contributed by atoms with Crippen molar-refractivity contribution in [2.75, 3.05) is 29.9 Å². The Balaban J connectivity index is 1.85. The first kappa shape index (κ1) is 18.4. The minimum Gasteiger partial charge on any atom is -0.321 e. The van der Waals surface area contributed by atoms with Crippen molar-refractivity contribution in [2.45, 2.75) is 18.7 Å². The summed E-state index contributed by atoms with van der Waals surface area (Å²) < 4.78 is 27.2. The summed E-state index contributed by atoms with van der Waals surface area (Å²) in [6.45, 7) is 4.95. The highest BCUT2D eigenvalue weighted by atomic mass is 32.2. The fourth-order valence-corrected chi connectivity index (χ4v) is 6.47. The van der Waals surface area contributed by atoms with Gasteiger partial charge in [0.2, 0.25) is 10.0 Å². The largest absolute Gasteiger partial charge is 0.321 e. The van der Waals surface area contributed by atoms with E-state index < -0.39 is 10.0 Å². The second kappa shape index (κ2) is 7.49. The molecule has 0 spiro atoms. The number of anilines is 1. The van der Waals surface area contributed by atoms with Crippen LogP contribution < -0.4 is 5.32 Å². The molecular formula is C17H20N2O3S3. The van der Waals surface area contributed by atoms with E-state index in [-0.39, 0.29) is 15.7 Å². The predicted molar refractivity (Wildman–Crippen MR) is 104 cm³/mol. The minimum absolute atomic E-state index is 0.103. The molecule has 2 aromatic rings. The lowest BCUT2D eigenvalue weighted by Gasteiger charge is -2.25. The van der Waals surface area contributed by atoms with Gasteiger partial charge in [-0.05, 0) is 48.6 Å². The van der Waals surface area contributed by atoms with Gasteiger partial charge in [-0.25, -0.2) is 8.42 Å². The van der Waals surface area contributed by atoms with Crippen molar-refractivity contribution < 1.29 is 13.2 Å². The summed E-state index contributed by atoms with van der Waals surface area (Å²) in [6.07, 6.45) is 0. The second-order valence-electron chi connectivity index (χ2n) is 5.88. The van der Waals surface area contributed by atoms with Crippen LogP contribution in [-0.4, -0.2) is 43.2 Å². The van der Waals surface area contributed by atoms with Gasteiger partial charge in [0.15, 0.2) is 0 Å². The number of amides is 1. The van der Waals surface area contributed by atoms with Crippen LogP contribution in [0.4, 0.5) is 5.69 Å². The zero-order chi connectivity index (χ0) is 18.0. The molecule has 134 valence electrons. The summed E-state index contributed by atoms with van der Waals surface area (Å²) in [5, 5.41) is 4.47. The summed E-state index contributed by atoms with van der Waals surface area (Å²) in [5.74, 6) is 1.18. The molecule has 0 bridgehead atoms. The Morgan fingerprint density at radius 2 is 1.84 bits per heavy atom. The van der Waals surface area contributed by atoms with Gasteiger partial charge in [-0.1, -0.05) is 6.07 Å². The highest BCUT2D eigenvalue weighted by Gasteiger charge is 2.31. The lowest BCUT2D eigenvalue weighted by molar-refractivity contribution is 0.102. The Morgan fingerprint density at radius 3 is 2.52 bits per heavy atom. The van der Waals surface area contributed by atoms with Gasteiger partial charge in [0, 0.05) is 30.3 Å². The number of carbonyl (C=O) groups excluding carboxylic acids is 1. The van der Waals surface area contributed by atoms with Crippen LogP contribution in [0.3, 0.4) is 0 Å². The van der Waals surface area contributed by atoms with Crippen molar-refractivity contribution in [2.24, 2.45) is 0 Å². The first-order chi connectivity index (χ1) is 11.9. The Hall–Kier alpha value is -1.35. The zero-order valence-corrected chi connectivity index (χ0v) is 16.6. The lowest BCUT2D eigenvalue weighted by atomic mass is 10.1. The van der Waals surface area contributed by atoms with Crippen molar-refractivity contribution in [1.82, 2.24) is 4.31 Å². The maximum atomic E-state index is 12.9. The maximum absolute atomic E-state index is 12.9. The van der Waals surface area contributed by atoms with Crippen LogP contribution >= 0.6 is 23.1 Å². The van der Waals surface area contributed by atoms with Gasteiger partial charge >= 0.3 is 0 Å². The molecule has 1 aromatic heterocycles. The lowest BCUT2D eigenvalue weighted by Crippen LogP contribution is -2.38. The number of thioether (sulfide) groups is 1. The van der Waals surface area contributed by atoms with Crippen molar-refractivity contribution in [3.63, 3.8) is 0 Å². The van der Waals surface area contributed by atoms with E-state index in [0.29, 0.717) is 18.8 Å². The number of sulfonamides is 1. The molecule has 1 saturated heterocycles. The monoisotopic (exact) mass is 396 g/mol. The molecule has 1 aliphatic rings. The SMILES string of the molecule is Cc1ccc(NC(=O)c2sccc2S(=O)(=O)N2CCSCC2)cc1C.